The average molecular weight is 353 g/mol. The molecule has 1 atom stereocenters. The quantitative estimate of drug-likeness (QED) is 0.312. The van der Waals surface area contributed by atoms with Gasteiger partial charge >= 0.3 is 0 Å². The van der Waals surface area contributed by atoms with Gasteiger partial charge in [-0.1, -0.05) is 96.8 Å². The number of amidine groups is 1. The fraction of sp³-hybridized carbons (Fsp3) is 0.955. The van der Waals surface area contributed by atoms with E-state index >= 15 is 0 Å². The molecular weight excluding hydrogens is 308 g/mol. The second-order valence-corrected chi connectivity index (χ2v) is 7.82. The molecule has 1 unspecified atom stereocenters. The van der Waals surface area contributed by atoms with E-state index in [1.54, 1.807) is 0 Å². The molecule has 0 bridgehead atoms. The van der Waals surface area contributed by atoms with E-state index in [0.717, 1.165) is 25.3 Å². The van der Waals surface area contributed by atoms with E-state index in [9.17, 15) is 5.11 Å². The van der Waals surface area contributed by atoms with Crippen LogP contribution in [0.1, 0.15) is 117 Å². The molecule has 0 amide bonds. The zero-order valence-corrected chi connectivity index (χ0v) is 17.1. The monoisotopic (exact) mass is 352 g/mol. The summed E-state index contributed by atoms with van der Waals surface area (Å²) in [5.41, 5.74) is 0. The first-order valence-electron chi connectivity index (χ1n) is 11.2. The third kappa shape index (κ3) is 11.6. The predicted molar refractivity (Wildman–Crippen MR) is 110 cm³/mol. The lowest BCUT2D eigenvalue weighted by molar-refractivity contribution is 0.0766. The van der Waals surface area contributed by atoms with E-state index in [1.807, 2.05) is 11.8 Å². The summed E-state index contributed by atoms with van der Waals surface area (Å²) in [5.74, 6) is 1.13. The SMILES string of the molecule is CCCCCCCCCCCCCCCCCC1=NCCN1C(C)O. The molecule has 0 aliphatic carbocycles. The number of aliphatic hydroxyl groups is 1. The van der Waals surface area contributed by atoms with Gasteiger partial charge in [-0.15, -0.1) is 0 Å². The van der Waals surface area contributed by atoms with Gasteiger partial charge < -0.3 is 10.0 Å². The minimum absolute atomic E-state index is 0.377. The Labute approximate surface area is 157 Å². The van der Waals surface area contributed by atoms with Gasteiger partial charge in [-0.3, -0.25) is 4.99 Å². The fourth-order valence-corrected chi connectivity index (χ4v) is 3.79. The summed E-state index contributed by atoms with van der Waals surface area (Å²) in [5, 5.41) is 9.69. The van der Waals surface area contributed by atoms with E-state index in [0.29, 0.717) is 0 Å². The standard InChI is InChI=1S/C22H44N2O/c1-3-4-5-6-7-8-9-10-11-12-13-14-15-16-17-18-22-23-19-20-24(22)21(2)25/h21,25H,3-20H2,1-2H3. The zero-order chi connectivity index (χ0) is 18.2. The molecule has 1 aliphatic rings. The number of rotatable bonds is 17. The first kappa shape index (κ1) is 22.5. The number of nitrogens with zero attached hydrogens (tertiary/aromatic N) is 2. The summed E-state index contributed by atoms with van der Waals surface area (Å²) in [7, 11) is 0. The van der Waals surface area contributed by atoms with Crippen molar-refractivity contribution in [3.8, 4) is 0 Å². The highest BCUT2D eigenvalue weighted by molar-refractivity contribution is 5.83. The molecular formula is C22H44N2O. The number of hydrogen-bond acceptors (Lipinski definition) is 3. The number of hydrogen-bond donors (Lipinski definition) is 1. The molecule has 3 nitrogen and oxygen atoms in total. The molecule has 1 rings (SSSR count). The van der Waals surface area contributed by atoms with E-state index in [1.165, 1.54) is 96.3 Å². The second kappa shape index (κ2) is 15.7. The van der Waals surface area contributed by atoms with Gasteiger partial charge in [0.2, 0.25) is 0 Å². The minimum atomic E-state index is -0.377. The Morgan fingerprint density at radius 1 is 0.800 bits per heavy atom. The van der Waals surface area contributed by atoms with Crippen molar-refractivity contribution in [3.63, 3.8) is 0 Å². The molecule has 0 fully saturated rings. The summed E-state index contributed by atoms with van der Waals surface area (Å²) in [4.78, 5) is 6.57. The molecule has 0 spiro atoms. The van der Waals surface area contributed by atoms with Crippen LogP contribution in [0.15, 0.2) is 4.99 Å². The second-order valence-electron chi connectivity index (χ2n) is 7.82. The normalized spacial score (nSPS) is 15.6. The van der Waals surface area contributed by atoms with Gasteiger partial charge in [-0.25, -0.2) is 0 Å². The molecule has 0 aromatic carbocycles. The van der Waals surface area contributed by atoms with Gasteiger partial charge in [0.1, 0.15) is 12.1 Å². The van der Waals surface area contributed by atoms with Crippen LogP contribution in [0.3, 0.4) is 0 Å². The van der Waals surface area contributed by atoms with Gasteiger partial charge in [0, 0.05) is 13.0 Å². The van der Waals surface area contributed by atoms with Crippen molar-refractivity contribution in [2.75, 3.05) is 13.1 Å². The van der Waals surface area contributed by atoms with Crippen molar-refractivity contribution in [1.82, 2.24) is 4.90 Å². The highest BCUT2D eigenvalue weighted by Crippen LogP contribution is 2.15. The Morgan fingerprint density at radius 2 is 1.24 bits per heavy atom. The van der Waals surface area contributed by atoms with Crippen LogP contribution in [0.25, 0.3) is 0 Å². The smallest absolute Gasteiger partial charge is 0.125 e. The molecule has 0 saturated heterocycles. The van der Waals surface area contributed by atoms with Crippen molar-refractivity contribution in [1.29, 1.82) is 0 Å². The number of aliphatic hydroxyl groups excluding tert-OH is 1. The highest BCUT2D eigenvalue weighted by atomic mass is 16.3. The molecule has 1 N–H and O–H groups in total. The van der Waals surface area contributed by atoms with E-state index in [-0.39, 0.29) is 6.23 Å². The maximum atomic E-state index is 9.69. The summed E-state index contributed by atoms with van der Waals surface area (Å²) >= 11 is 0. The zero-order valence-electron chi connectivity index (χ0n) is 17.1. The average Bonchev–Trinajstić information content (AvgIpc) is 3.07. The number of unbranched alkanes of at least 4 members (excludes halogenated alkanes) is 14. The van der Waals surface area contributed by atoms with Crippen LogP contribution < -0.4 is 0 Å². The molecule has 0 saturated carbocycles. The van der Waals surface area contributed by atoms with Crippen LogP contribution in [-0.4, -0.2) is 35.2 Å². The van der Waals surface area contributed by atoms with Gasteiger partial charge in [0.15, 0.2) is 0 Å². The first-order chi connectivity index (χ1) is 12.3. The van der Waals surface area contributed by atoms with Crippen LogP contribution in [-0.2, 0) is 0 Å². The Balaban J connectivity index is 1.78. The molecule has 3 heteroatoms. The molecule has 0 aromatic heterocycles. The van der Waals surface area contributed by atoms with Gasteiger partial charge in [0.25, 0.3) is 0 Å². The molecule has 1 heterocycles. The van der Waals surface area contributed by atoms with Crippen molar-refractivity contribution < 1.29 is 5.11 Å². The van der Waals surface area contributed by atoms with Crippen LogP contribution in [0.4, 0.5) is 0 Å². The van der Waals surface area contributed by atoms with Crippen LogP contribution in [0, 0.1) is 0 Å². The maximum absolute atomic E-state index is 9.69. The Bertz CT molecular complexity index is 328. The summed E-state index contributed by atoms with van der Waals surface area (Å²) in [6, 6.07) is 0. The number of aliphatic imine (C=N–C) groups is 1. The predicted octanol–water partition coefficient (Wildman–Crippen LogP) is 6.30. The van der Waals surface area contributed by atoms with E-state index < -0.39 is 0 Å². The van der Waals surface area contributed by atoms with Gasteiger partial charge in [-0.2, -0.15) is 0 Å². The molecule has 0 radical (unpaired) electrons. The molecule has 0 aromatic rings. The van der Waals surface area contributed by atoms with Crippen molar-refractivity contribution in [2.45, 2.75) is 123 Å². The van der Waals surface area contributed by atoms with Crippen molar-refractivity contribution in [2.24, 2.45) is 4.99 Å². The molecule has 148 valence electrons. The van der Waals surface area contributed by atoms with Crippen LogP contribution in [0.5, 0.6) is 0 Å². The summed E-state index contributed by atoms with van der Waals surface area (Å²) < 4.78 is 0. The third-order valence-corrected chi connectivity index (χ3v) is 5.42. The first-order valence-corrected chi connectivity index (χ1v) is 11.2. The Morgan fingerprint density at radius 3 is 1.68 bits per heavy atom. The fourth-order valence-electron chi connectivity index (χ4n) is 3.79. The van der Waals surface area contributed by atoms with Gasteiger partial charge in [-0.05, 0) is 13.3 Å². The topological polar surface area (TPSA) is 35.8 Å². The lowest BCUT2D eigenvalue weighted by Gasteiger charge is -2.23. The molecule has 25 heavy (non-hydrogen) atoms. The lowest BCUT2D eigenvalue weighted by atomic mass is 10.0. The van der Waals surface area contributed by atoms with E-state index in [2.05, 4.69) is 11.9 Å². The Hall–Kier alpha value is -0.570. The summed E-state index contributed by atoms with van der Waals surface area (Å²) in [6.07, 6.45) is 21.7. The van der Waals surface area contributed by atoms with Crippen molar-refractivity contribution >= 4 is 5.84 Å². The highest BCUT2D eigenvalue weighted by Gasteiger charge is 2.19. The van der Waals surface area contributed by atoms with Gasteiger partial charge in [0.05, 0.1) is 6.54 Å². The Kier molecular flexibility index (Phi) is 14.1. The maximum Gasteiger partial charge on any atom is 0.125 e. The lowest BCUT2D eigenvalue weighted by Crippen LogP contribution is -2.35. The van der Waals surface area contributed by atoms with Crippen molar-refractivity contribution in [3.05, 3.63) is 0 Å². The summed E-state index contributed by atoms with van der Waals surface area (Å²) in [6.45, 7) is 5.88. The minimum Gasteiger partial charge on any atom is -0.374 e. The third-order valence-electron chi connectivity index (χ3n) is 5.42. The van der Waals surface area contributed by atoms with Crippen LogP contribution in [0.2, 0.25) is 0 Å². The van der Waals surface area contributed by atoms with Crippen LogP contribution >= 0.6 is 0 Å². The molecule has 1 aliphatic heterocycles. The van der Waals surface area contributed by atoms with E-state index in [4.69, 9.17) is 0 Å². The largest absolute Gasteiger partial charge is 0.374 e.